The molecule has 0 spiro atoms. The lowest BCUT2D eigenvalue weighted by Crippen LogP contribution is -2.47. The van der Waals surface area contributed by atoms with E-state index in [2.05, 4.69) is 10.2 Å². The van der Waals surface area contributed by atoms with E-state index >= 15 is 0 Å². The average molecular weight is 426 g/mol. The number of likely N-dealkylation sites (N-methyl/N-ethyl adjacent to an activating group) is 1. The highest BCUT2D eigenvalue weighted by molar-refractivity contribution is 7.88. The summed E-state index contributed by atoms with van der Waals surface area (Å²) in [6.45, 7) is 2.40. The van der Waals surface area contributed by atoms with Crippen molar-refractivity contribution in [1.29, 1.82) is 0 Å². The van der Waals surface area contributed by atoms with E-state index in [1.807, 2.05) is 7.05 Å². The highest BCUT2D eigenvalue weighted by Crippen LogP contribution is 2.20. The molecule has 0 atom stereocenters. The fourth-order valence-corrected chi connectivity index (χ4v) is 4.59. The molecule has 1 aliphatic heterocycles. The van der Waals surface area contributed by atoms with Gasteiger partial charge in [0.1, 0.15) is 5.82 Å². The van der Waals surface area contributed by atoms with E-state index in [1.165, 1.54) is 22.5 Å². The normalized spacial score (nSPS) is 16.1. The molecule has 9 heteroatoms. The third-order valence-electron chi connectivity index (χ3n) is 4.60. The molecule has 0 unspecified atom stereocenters. The van der Waals surface area contributed by atoms with Gasteiger partial charge in [0.05, 0.1) is 10.8 Å². The molecule has 0 aliphatic carbocycles. The SMILES string of the molecule is CN1CCN(S(=O)(=O)Cc2ccc(C(=O)Nc3ccc(F)c(Cl)c3)cc2)CC1. The van der Waals surface area contributed by atoms with Crippen LogP contribution in [0.2, 0.25) is 5.02 Å². The second kappa shape index (κ2) is 8.57. The Labute approximate surface area is 168 Å². The van der Waals surface area contributed by atoms with Crippen LogP contribution in [-0.2, 0) is 15.8 Å². The van der Waals surface area contributed by atoms with Crippen LogP contribution < -0.4 is 5.32 Å². The number of rotatable bonds is 5. The van der Waals surface area contributed by atoms with Crippen molar-refractivity contribution in [2.45, 2.75) is 5.75 Å². The first-order valence-electron chi connectivity index (χ1n) is 8.76. The number of nitrogens with zero attached hydrogens (tertiary/aromatic N) is 2. The molecule has 2 aromatic rings. The molecule has 3 rings (SSSR count). The number of amides is 1. The molecule has 1 amide bonds. The third-order valence-corrected chi connectivity index (χ3v) is 6.74. The molecule has 2 aromatic carbocycles. The molecule has 1 heterocycles. The number of hydrogen-bond donors (Lipinski definition) is 1. The maximum Gasteiger partial charge on any atom is 0.255 e. The molecule has 0 bridgehead atoms. The summed E-state index contributed by atoms with van der Waals surface area (Å²) in [6.07, 6.45) is 0. The van der Waals surface area contributed by atoms with Crippen LogP contribution >= 0.6 is 11.6 Å². The smallest absolute Gasteiger partial charge is 0.255 e. The van der Waals surface area contributed by atoms with Crippen LogP contribution in [0.3, 0.4) is 0 Å². The number of carbonyl (C=O) groups excluding carboxylic acids is 1. The second-order valence-electron chi connectivity index (χ2n) is 6.74. The van der Waals surface area contributed by atoms with Crippen molar-refractivity contribution in [3.05, 3.63) is 64.4 Å². The van der Waals surface area contributed by atoms with Gasteiger partial charge in [-0.2, -0.15) is 4.31 Å². The summed E-state index contributed by atoms with van der Waals surface area (Å²) in [5.41, 5.74) is 1.35. The van der Waals surface area contributed by atoms with E-state index in [-0.39, 0.29) is 10.8 Å². The first-order chi connectivity index (χ1) is 13.2. The van der Waals surface area contributed by atoms with Gasteiger partial charge in [-0.3, -0.25) is 4.79 Å². The first-order valence-corrected chi connectivity index (χ1v) is 10.7. The maximum atomic E-state index is 13.2. The largest absolute Gasteiger partial charge is 0.322 e. The Balaban J connectivity index is 1.64. The van der Waals surface area contributed by atoms with Crippen LogP contribution in [-0.4, -0.2) is 56.8 Å². The highest BCUT2D eigenvalue weighted by Gasteiger charge is 2.25. The Morgan fingerprint density at radius 1 is 1.11 bits per heavy atom. The van der Waals surface area contributed by atoms with Crippen molar-refractivity contribution < 1.29 is 17.6 Å². The molecule has 1 aliphatic rings. The van der Waals surface area contributed by atoms with E-state index in [9.17, 15) is 17.6 Å². The van der Waals surface area contributed by atoms with Crippen molar-refractivity contribution in [1.82, 2.24) is 9.21 Å². The van der Waals surface area contributed by atoms with Crippen LogP contribution in [0.25, 0.3) is 0 Å². The van der Waals surface area contributed by atoms with Crippen molar-refractivity contribution in [2.24, 2.45) is 0 Å². The Kier molecular flexibility index (Phi) is 6.34. The van der Waals surface area contributed by atoms with Gasteiger partial charge in [-0.05, 0) is 42.9 Å². The Morgan fingerprint density at radius 2 is 1.75 bits per heavy atom. The number of sulfonamides is 1. The van der Waals surface area contributed by atoms with Crippen LogP contribution in [0.15, 0.2) is 42.5 Å². The fourth-order valence-electron chi connectivity index (χ4n) is 2.90. The Bertz CT molecular complexity index is 959. The van der Waals surface area contributed by atoms with Crippen molar-refractivity contribution in [2.75, 3.05) is 38.5 Å². The van der Waals surface area contributed by atoms with Crippen LogP contribution in [0, 0.1) is 5.82 Å². The van der Waals surface area contributed by atoms with Gasteiger partial charge in [0.15, 0.2) is 0 Å². The fraction of sp³-hybridized carbons (Fsp3) is 0.316. The molecule has 28 heavy (non-hydrogen) atoms. The zero-order valence-corrected chi connectivity index (χ0v) is 16.9. The quantitative estimate of drug-likeness (QED) is 0.799. The first kappa shape index (κ1) is 20.7. The number of hydrogen-bond acceptors (Lipinski definition) is 4. The summed E-state index contributed by atoms with van der Waals surface area (Å²) in [5, 5.41) is 2.55. The monoisotopic (exact) mass is 425 g/mol. The van der Waals surface area contributed by atoms with E-state index in [4.69, 9.17) is 11.6 Å². The number of benzene rings is 2. The second-order valence-corrected chi connectivity index (χ2v) is 9.11. The third kappa shape index (κ3) is 5.08. The van der Waals surface area contributed by atoms with Gasteiger partial charge >= 0.3 is 0 Å². The van der Waals surface area contributed by atoms with E-state index < -0.39 is 21.7 Å². The number of anilines is 1. The van der Waals surface area contributed by atoms with Gasteiger partial charge in [-0.1, -0.05) is 23.7 Å². The summed E-state index contributed by atoms with van der Waals surface area (Å²) in [7, 11) is -1.43. The zero-order chi connectivity index (χ0) is 20.3. The van der Waals surface area contributed by atoms with Crippen molar-refractivity contribution in [3.63, 3.8) is 0 Å². The minimum absolute atomic E-state index is 0.0812. The summed E-state index contributed by atoms with van der Waals surface area (Å²) in [4.78, 5) is 14.4. The number of nitrogens with one attached hydrogen (secondary N) is 1. The lowest BCUT2D eigenvalue weighted by molar-refractivity contribution is 0.102. The van der Waals surface area contributed by atoms with Crippen LogP contribution in [0.4, 0.5) is 10.1 Å². The summed E-state index contributed by atoms with van der Waals surface area (Å²) < 4.78 is 39.8. The minimum atomic E-state index is -3.39. The number of carbonyl (C=O) groups is 1. The summed E-state index contributed by atoms with van der Waals surface area (Å²) in [5.74, 6) is -1.06. The van der Waals surface area contributed by atoms with E-state index in [0.29, 0.717) is 43.0 Å². The molecule has 0 radical (unpaired) electrons. The lowest BCUT2D eigenvalue weighted by atomic mass is 10.1. The predicted octanol–water partition coefficient (Wildman–Crippen LogP) is 2.81. The molecule has 6 nitrogen and oxygen atoms in total. The van der Waals surface area contributed by atoms with Crippen molar-refractivity contribution in [3.8, 4) is 0 Å². The predicted molar refractivity (Wildman–Crippen MR) is 107 cm³/mol. The van der Waals surface area contributed by atoms with E-state index in [1.54, 1.807) is 24.3 Å². The van der Waals surface area contributed by atoms with Crippen molar-refractivity contribution >= 4 is 33.2 Å². The Morgan fingerprint density at radius 3 is 2.36 bits per heavy atom. The number of piperazine rings is 1. The average Bonchev–Trinajstić information content (AvgIpc) is 2.65. The van der Waals surface area contributed by atoms with Gasteiger partial charge in [-0.25, -0.2) is 12.8 Å². The Hall–Kier alpha value is -2.00. The highest BCUT2D eigenvalue weighted by atomic mass is 35.5. The van der Waals surface area contributed by atoms with Gasteiger partial charge in [-0.15, -0.1) is 0 Å². The minimum Gasteiger partial charge on any atom is -0.322 e. The summed E-state index contributed by atoms with van der Waals surface area (Å²) in [6, 6.07) is 10.3. The molecule has 1 N–H and O–H groups in total. The van der Waals surface area contributed by atoms with Gasteiger partial charge in [0, 0.05) is 37.4 Å². The van der Waals surface area contributed by atoms with Gasteiger partial charge in [0.25, 0.3) is 5.91 Å². The topological polar surface area (TPSA) is 69.7 Å². The van der Waals surface area contributed by atoms with Gasteiger partial charge < -0.3 is 10.2 Å². The lowest BCUT2D eigenvalue weighted by Gasteiger charge is -2.31. The van der Waals surface area contributed by atoms with Gasteiger partial charge in [0.2, 0.25) is 10.0 Å². The van der Waals surface area contributed by atoms with Crippen LogP contribution in [0.1, 0.15) is 15.9 Å². The standard InChI is InChI=1S/C19H21ClFN3O3S/c1-23-8-10-24(11-9-23)28(26,27)13-14-2-4-15(5-3-14)19(25)22-16-6-7-18(21)17(20)12-16/h2-7,12H,8-11,13H2,1H3,(H,22,25). The molecular weight excluding hydrogens is 405 g/mol. The molecular formula is C19H21ClFN3O3S. The molecule has 0 saturated carbocycles. The molecule has 0 aromatic heterocycles. The van der Waals surface area contributed by atoms with E-state index in [0.717, 1.165) is 0 Å². The molecule has 150 valence electrons. The van der Waals surface area contributed by atoms with Crippen LogP contribution in [0.5, 0.6) is 0 Å². The zero-order valence-electron chi connectivity index (χ0n) is 15.4. The molecule has 1 fully saturated rings. The molecule has 1 saturated heterocycles. The maximum absolute atomic E-state index is 13.2. The number of halogens is 2. The summed E-state index contributed by atoms with van der Waals surface area (Å²) >= 11 is 5.71.